The molecule has 0 saturated carbocycles. The number of carboxylic acid groups (broad SMARTS) is 1. The second-order valence-corrected chi connectivity index (χ2v) is 7.32. The molecule has 0 radical (unpaired) electrons. The average molecular weight is 457 g/mol. The van der Waals surface area contributed by atoms with Crippen molar-refractivity contribution < 1.29 is 61.5 Å². The van der Waals surface area contributed by atoms with Gasteiger partial charge in [0.25, 0.3) is 10.0 Å². The van der Waals surface area contributed by atoms with Gasteiger partial charge in [0.05, 0.1) is 16.4 Å². The fourth-order valence-corrected chi connectivity index (χ4v) is 3.73. The predicted molar refractivity (Wildman–Crippen MR) is 91.6 cm³/mol. The van der Waals surface area contributed by atoms with Crippen LogP contribution in [-0.4, -0.2) is 31.4 Å². The third kappa shape index (κ3) is 6.23. The summed E-state index contributed by atoms with van der Waals surface area (Å²) in [5, 5.41) is 15.3. The first kappa shape index (κ1) is 24.5. The maximum absolute atomic E-state index is 14.1. The number of anilines is 2. The Morgan fingerprint density at radius 3 is 2.31 bits per heavy atom. The molecular formula is C12H10F2N7NaO5S2. The van der Waals surface area contributed by atoms with Crippen molar-refractivity contribution in [2.45, 2.75) is 4.90 Å². The molecule has 0 spiro atoms. The zero-order chi connectivity index (χ0) is 21.1. The van der Waals surface area contributed by atoms with Crippen molar-refractivity contribution in [3.8, 4) is 0 Å². The van der Waals surface area contributed by atoms with E-state index in [1.165, 1.54) is 0 Å². The number of hydrogen-bond acceptors (Lipinski definition) is 8. The van der Waals surface area contributed by atoms with Gasteiger partial charge in [-0.05, 0) is 12.1 Å². The molecule has 0 unspecified atom stereocenters. The van der Waals surface area contributed by atoms with E-state index in [1.807, 2.05) is 4.72 Å². The van der Waals surface area contributed by atoms with Crippen molar-refractivity contribution >= 4 is 50.0 Å². The zero-order valence-electron chi connectivity index (χ0n) is 14.4. The third-order valence-electron chi connectivity index (χ3n) is 2.84. The number of carboxylic acids is 1. The number of benzene rings is 1. The minimum Gasteiger partial charge on any atom is -0.543 e. The predicted octanol–water partition coefficient (Wildman–Crippen LogP) is -4.10. The summed E-state index contributed by atoms with van der Waals surface area (Å²) in [7, 11) is -4.58. The van der Waals surface area contributed by atoms with Gasteiger partial charge in [-0.2, -0.15) is 0 Å². The van der Waals surface area contributed by atoms with Crippen molar-refractivity contribution in [3.63, 3.8) is 0 Å². The van der Waals surface area contributed by atoms with E-state index < -0.39 is 60.9 Å². The van der Waals surface area contributed by atoms with Crippen LogP contribution in [0.2, 0.25) is 0 Å². The van der Waals surface area contributed by atoms with Crippen LogP contribution in [0.5, 0.6) is 0 Å². The van der Waals surface area contributed by atoms with Gasteiger partial charge in [0.1, 0.15) is 16.4 Å². The Bertz CT molecular complexity index is 1050. The quantitative estimate of drug-likeness (QED) is 0.124. The number of nitrogens with zero attached hydrogens (tertiary/aromatic N) is 2. The van der Waals surface area contributed by atoms with E-state index >= 15 is 0 Å². The Hall–Kier alpha value is -2.53. The second kappa shape index (κ2) is 9.79. The molecule has 0 bridgehead atoms. The summed E-state index contributed by atoms with van der Waals surface area (Å²) >= 11 is 0.619. The van der Waals surface area contributed by atoms with Crippen LogP contribution in [0.3, 0.4) is 0 Å². The van der Waals surface area contributed by atoms with Crippen LogP contribution >= 0.6 is 11.3 Å². The Labute approximate surface area is 187 Å². The largest absolute Gasteiger partial charge is 1.00 e. The maximum Gasteiger partial charge on any atom is 1.00 e. The van der Waals surface area contributed by atoms with Gasteiger partial charge in [-0.3, -0.25) is 4.72 Å². The van der Waals surface area contributed by atoms with Crippen LogP contribution in [0.4, 0.5) is 24.3 Å². The van der Waals surface area contributed by atoms with Gasteiger partial charge in [0.2, 0.25) is 5.96 Å². The molecule has 2 aromatic rings. The molecule has 150 valence electrons. The number of halogens is 2. The molecule has 1 heterocycles. The van der Waals surface area contributed by atoms with Crippen LogP contribution in [-0.2, 0) is 10.0 Å². The Kier molecular flexibility index (Phi) is 8.27. The van der Waals surface area contributed by atoms with Gasteiger partial charge < -0.3 is 26.7 Å². The smallest absolute Gasteiger partial charge is 0.543 e. The Balaban J connectivity index is 0.00000420. The van der Waals surface area contributed by atoms with E-state index in [2.05, 4.69) is 10.1 Å². The van der Waals surface area contributed by atoms with Crippen LogP contribution in [0.1, 0.15) is 10.5 Å². The van der Waals surface area contributed by atoms with Crippen molar-refractivity contribution in [3.05, 3.63) is 35.0 Å². The van der Waals surface area contributed by atoms with Gasteiger partial charge in [0.15, 0.2) is 11.6 Å². The molecule has 0 aliphatic rings. The zero-order valence-corrected chi connectivity index (χ0v) is 18.0. The Morgan fingerprint density at radius 1 is 1.21 bits per heavy atom. The maximum atomic E-state index is 14.1. The van der Waals surface area contributed by atoms with Crippen molar-refractivity contribution in [2.24, 2.45) is 16.6 Å². The summed E-state index contributed by atoms with van der Waals surface area (Å²) < 4.78 is 54.6. The van der Waals surface area contributed by atoms with Crippen LogP contribution < -0.4 is 61.6 Å². The normalized spacial score (nSPS) is 10.4. The molecule has 0 aliphatic carbocycles. The average Bonchev–Trinajstić information content (AvgIpc) is 3.03. The van der Waals surface area contributed by atoms with Gasteiger partial charge in [-0.15, -0.1) is 16.4 Å². The van der Waals surface area contributed by atoms with Gasteiger partial charge in [-0.1, -0.05) is 0 Å². The van der Waals surface area contributed by atoms with Crippen molar-refractivity contribution in [1.29, 1.82) is 0 Å². The number of urea groups is 1. The number of carbonyl (C=O) groups excluding carboxylic acids is 2. The number of aromatic carboxylic acids is 1. The Morgan fingerprint density at radius 2 is 1.79 bits per heavy atom. The summed E-state index contributed by atoms with van der Waals surface area (Å²) in [5.41, 5.74) is 11.0. The first-order chi connectivity index (χ1) is 13.0. The van der Waals surface area contributed by atoms with Crippen LogP contribution in [0, 0.1) is 11.6 Å². The number of aromatic nitrogens is 1. The summed E-state index contributed by atoms with van der Waals surface area (Å²) in [6.45, 7) is 0. The molecule has 12 nitrogen and oxygen atoms in total. The summed E-state index contributed by atoms with van der Waals surface area (Å²) in [5.74, 6) is -5.15. The van der Waals surface area contributed by atoms with E-state index in [0.29, 0.717) is 23.5 Å². The first-order valence-corrected chi connectivity index (χ1v) is 9.20. The molecule has 7 N–H and O–H groups in total. The number of thiazole rings is 1. The molecule has 0 fully saturated rings. The standard InChI is InChI=1S/C12H11F2N7O5S2.Na/c13-5-1-4(2-6(14)7(5)18-12(24)20-19-11(15)16)28(25,26)21-9-8(10(22)23)17-3-27-9;/h1-3,21H,(H,22,23)(H4,15,16,19)(H2,18,20,24);/q;+1/p-1. The number of guanidine groups is 1. The van der Waals surface area contributed by atoms with Gasteiger partial charge >= 0.3 is 35.6 Å². The number of amides is 2. The number of hydrazone groups is 1. The molecule has 17 heteroatoms. The third-order valence-corrected chi connectivity index (χ3v) is 5.04. The van der Waals surface area contributed by atoms with E-state index in [1.54, 1.807) is 10.7 Å². The second-order valence-electron chi connectivity index (χ2n) is 4.79. The number of nitrogens with two attached hydrogens (primary N) is 2. The monoisotopic (exact) mass is 457 g/mol. The van der Waals surface area contributed by atoms with Crippen molar-refractivity contribution in [2.75, 3.05) is 10.0 Å². The van der Waals surface area contributed by atoms with E-state index in [4.69, 9.17) is 11.5 Å². The summed E-state index contributed by atoms with van der Waals surface area (Å²) in [6, 6.07) is -0.397. The van der Waals surface area contributed by atoms with E-state index in [0.717, 1.165) is 5.51 Å². The van der Waals surface area contributed by atoms with Gasteiger partial charge in [-0.25, -0.2) is 32.4 Å². The molecular weight excluding hydrogens is 447 g/mol. The molecule has 0 saturated heterocycles. The SMILES string of the molecule is NC(N)=NNC(=O)Nc1c(F)cc(S(=O)(=O)Nc2scnc2C(=O)[O-])cc1F.[Na+]. The van der Waals surface area contributed by atoms with Crippen LogP contribution in [0.25, 0.3) is 0 Å². The molecule has 1 aromatic carbocycles. The number of hydrogen-bond donors (Lipinski definition) is 5. The summed E-state index contributed by atoms with van der Waals surface area (Å²) in [4.78, 5) is 24.8. The van der Waals surface area contributed by atoms with Gasteiger partial charge in [0, 0.05) is 0 Å². The van der Waals surface area contributed by atoms with Crippen molar-refractivity contribution in [1.82, 2.24) is 10.4 Å². The minimum atomic E-state index is -4.58. The molecule has 2 rings (SSSR count). The van der Waals surface area contributed by atoms with Crippen LogP contribution in [0.15, 0.2) is 27.6 Å². The van der Waals surface area contributed by atoms with E-state index in [9.17, 15) is 31.9 Å². The fourth-order valence-electron chi connectivity index (χ4n) is 1.73. The minimum absolute atomic E-state index is 0. The topological polar surface area (TPSA) is 205 Å². The molecule has 0 aliphatic heterocycles. The number of sulfonamides is 1. The number of carbonyl (C=O) groups is 2. The molecule has 2 amide bonds. The summed E-state index contributed by atoms with van der Waals surface area (Å²) in [6.07, 6.45) is 0. The molecule has 29 heavy (non-hydrogen) atoms. The number of nitrogens with one attached hydrogen (secondary N) is 3. The molecule has 1 aromatic heterocycles. The molecule has 0 atom stereocenters. The van der Waals surface area contributed by atoms with E-state index in [-0.39, 0.29) is 29.6 Å². The number of rotatable bonds is 6. The first-order valence-electron chi connectivity index (χ1n) is 6.83. The fraction of sp³-hybridized carbons (Fsp3) is 0.